The smallest absolute Gasteiger partial charge is 0.252 e. The summed E-state index contributed by atoms with van der Waals surface area (Å²) in [6, 6.07) is -1.21. The van der Waals surface area contributed by atoms with E-state index < -0.39 is 17.9 Å². The molecule has 2 heterocycles. The van der Waals surface area contributed by atoms with Crippen LogP contribution in [0.5, 0.6) is 0 Å². The topological polar surface area (TPSA) is 96.5 Å². The van der Waals surface area contributed by atoms with Crippen molar-refractivity contribution in [1.29, 1.82) is 0 Å². The maximum Gasteiger partial charge on any atom is 0.252 e. The van der Waals surface area contributed by atoms with E-state index in [1.54, 1.807) is 0 Å². The Morgan fingerprint density at radius 1 is 1.41 bits per heavy atom. The SMILES string of the molecule is O=C1CNC(=O)[C@H](C(=O)N[C@@H]2CCCOC2)N1. The Morgan fingerprint density at radius 2 is 2.24 bits per heavy atom. The Morgan fingerprint density at radius 3 is 2.94 bits per heavy atom. The maximum atomic E-state index is 11.8. The number of carbonyl (C=O) groups excluding carboxylic acids is 3. The Hall–Kier alpha value is -1.63. The highest BCUT2D eigenvalue weighted by Gasteiger charge is 2.33. The summed E-state index contributed by atoms with van der Waals surface area (Å²) in [5, 5.41) is 7.41. The fourth-order valence-corrected chi connectivity index (χ4v) is 1.87. The zero-order chi connectivity index (χ0) is 12.3. The van der Waals surface area contributed by atoms with E-state index in [1.807, 2.05) is 0 Å². The molecule has 0 aromatic carbocycles. The van der Waals surface area contributed by atoms with E-state index in [9.17, 15) is 14.4 Å². The van der Waals surface area contributed by atoms with Crippen LogP contribution in [0.3, 0.4) is 0 Å². The van der Waals surface area contributed by atoms with Crippen molar-refractivity contribution in [3.63, 3.8) is 0 Å². The molecule has 94 valence electrons. The number of amides is 3. The second kappa shape index (κ2) is 5.13. The number of ether oxygens (including phenoxy) is 1. The van der Waals surface area contributed by atoms with Crippen LogP contribution in [0.15, 0.2) is 0 Å². The van der Waals surface area contributed by atoms with E-state index in [4.69, 9.17) is 4.74 Å². The average Bonchev–Trinajstić information content (AvgIpc) is 2.33. The summed E-state index contributed by atoms with van der Waals surface area (Å²) in [5.74, 6) is -1.31. The van der Waals surface area contributed by atoms with Crippen LogP contribution in [0.4, 0.5) is 0 Å². The van der Waals surface area contributed by atoms with Crippen molar-refractivity contribution in [1.82, 2.24) is 16.0 Å². The number of rotatable bonds is 2. The summed E-state index contributed by atoms with van der Waals surface area (Å²) in [4.78, 5) is 34.3. The van der Waals surface area contributed by atoms with Gasteiger partial charge < -0.3 is 20.7 Å². The van der Waals surface area contributed by atoms with Gasteiger partial charge in [0.25, 0.3) is 11.8 Å². The fraction of sp³-hybridized carbons (Fsp3) is 0.700. The quantitative estimate of drug-likeness (QED) is 0.482. The Bertz CT molecular complexity index is 338. The number of piperazine rings is 1. The maximum absolute atomic E-state index is 11.8. The predicted octanol–water partition coefficient (Wildman–Crippen LogP) is -2.10. The van der Waals surface area contributed by atoms with Crippen LogP contribution < -0.4 is 16.0 Å². The minimum atomic E-state index is -1.13. The first-order valence-electron chi connectivity index (χ1n) is 5.62. The third kappa shape index (κ3) is 2.94. The van der Waals surface area contributed by atoms with Gasteiger partial charge in [-0.2, -0.15) is 0 Å². The van der Waals surface area contributed by atoms with Gasteiger partial charge in [-0.1, -0.05) is 0 Å². The first-order valence-corrected chi connectivity index (χ1v) is 5.62. The first-order chi connectivity index (χ1) is 8.16. The molecular weight excluding hydrogens is 226 g/mol. The standard InChI is InChI=1S/C10H15N3O4/c14-7-4-11-9(15)8(13-7)10(16)12-6-2-1-3-17-5-6/h6,8H,1-5H2,(H,11,15)(H,12,16)(H,13,14)/t6-,8-/m1/s1. The highest BCUT2D eigenvalue weighted by Crippen LogP contribution is 2.06. The van der Waals surface area contributed by atoms with Gasteiger partial charge in [-0.25, -0.2) is 0 Å². The summed E-state index contributed by atoms with van der Waals surface area (Å²) in [6.45, 7) is 1.08. The van der Waals surface area contributed by atoms with Crippen LogP contribution in [0, 0.1) is 0 Å². The second-order valence-corrected chi connectivity index (χ2v) is 4.14. The molecule has 0 spiro atoms. The van der Waals surface area contributed by atoms with Crippen LogP contribution in [-0.2, 0) is 19.1 Å². The van der Waals surface area contributed by atoms with Crippen molar-refractivity contribution in [2.24, 2.45) is 0 Å². The van der Waals surface area contributed by atoms with E-state index in [2.05, 4.69) is 16.0 Å². The van der Waals surface area contributed by atoms with Crippen molar-refractivity contribution in [3.05, 3.63) is 0 Å². The lowest BCUT2D eigenvalue weighted by Crippen LogP contribution is -2.63. The van der Waals surface area contributed by atoms with Gasteiger partial charge in [-0.3, -0.25) is 14.4 Å². The number of nitrogens with one attached hydrogen (secondary N) is 3. The lowest BCUT2D eigenvalue weighted by atomic mass is 10.1. The second-order valence-electron chi connectivity index (χ2n) is 4.14. The van der Waals surface area contributed by atoms with Crippen LogP contribution in [-0.4, -0.2) is 49.6 Å². The van der Waals surface area contributed by atoms with Crippen LogP contribution in [0.25, 0.3) is 0 Å². The molecule has 2 rings (SSSR count). The molecule has 2 atom stereocenters. The lowest BCUT2D eigenvalue weighted by molar-refractivity contribution is -0.140. The zero-order valence-electron chi connectivity index (χ0n) is 9.32. The average molecular weight is 241 g/mol. The molecule has 2 fully saturated rings. The number of hydrogen-bond donors (Lipinski definition) is 3. The highest BCUT2D eigenvalue weighted by molar-refractivity contribution is 6.09. The zero-order valence-corrected chi connectivity index (χ0v) is 9.32. The molecule has 0 unspecified atom stereocenters. The van der Waals surface area contributed by atoms with Gasteiger partial charge >= 0.3 is 0 Å². The molecule has 0 bridgehead atoms. The van der Waals surface area contributed by atoms with Gasteiger partial charge in [-0.05, 0) is 12.8 Å². The summed E-state index contributed by atoms with van der Waals surface area (Å²) >= 11 is 0. The van der Waals surface area contributed by atoms with Gasteiger partial charge in [0.05, 0.1) is 19.2 Å². The molecule has 2 aliphatic heterocycles. The summed E-state index contributed by atoms with van der Waals surface area (Å²) in [5.41, 5.74) is 0. The molecule has 0 aliphatic carbocycles. The minimum absolute atomic E-state index is 0.0743. The lowest BCUT2D eigenvalue weighted by Gasteiger charge is -2.27. The third-order valence-electron chi connectivity index (χ3n) is 2.76. The molecule has 3 N–H and O–H groups in total. The monoisotopic (exact) mass is 241 g/mol. The van der Waals surface area contributed by atoms with E-state index in [-0.39, 0.29) is 18.5 Å². The Balaban J connectivity index is 1.89. The summed E-state index contributed by atoms with van der Waals surface area (Å²) in [6.07, 6.45) is 1.71. The van der Waals surface area contributed by atoms with Gasteiger partial charge in [-0.15, -0.1) is 0 Å². The molecular formula is C10H15N3O4. The molecule has 0 aromatic heterocycles. The van der Waals surface area contributed by atoms with Gasteiger partial charge in [0.15, 0.2) is 6.04 Å². The van der Waals surface area contributed by atoms with Crippen molar-refractivity contribution >= 4 is 17.7 Å². The van der Waals surface area contributed by atoms with Crippen molar-refractivity contribution in [2.75, 3.05) is 19.8 Å². The molecule has 7 nitrogen and oxygen atoms in total. The van der Waals surface area contributed by atoms with Crippen molar-refractivity contribution in [2.45, 2.75) is 24.9 Å². The molecule has 17 heavy (non-hydrogen) atoms. The molecule has 7 heteroatoms. The van der Waals surface area contributed by atoms with Crippen LogP contribution in [0.2, 0.25) is 0 Å². The van der Waals surface area contributed by atoms with E-state index in [0.717, 1.165) is 12.8 Å². The van der Waals surface area contributed by atoms with Crippen LogP contribution >= 0.6 is 0 Å². The summed E-state index contributed by atoms with van der Waals surface area (Å²) in [7, 11) is 0. The van der Waals surface area contributed by atoms with E-state index in [1.165, 1.54) is 0 Å². The van der Waals surface area contributed by atoms with E-state index >= 15 is 0 Å². The van der Waals surface area contributed by atoms with Gasteiger partial charge in [0.1, 0.15) is 0 Å². The Kier molecular flexibility index (Phi) is 3.58. The largest absolute Gasteiger partial charge is 0.379 e. The van der Waals surface area contributed by atoms with Gasteiger partial charge in [0, 0.05) is 6.61 Å². The molecule has 0 radical (unpaired) electrons. The Labute approximate surface area is 98.3 Å². The molecule has 2 saturated heterocycles. The van der Waals surface area contributed by atoms with Crippen LogP contribution in [0.1, 0.15) is 12.8 Å². The molecule has 0 aromatic rings. The predicted molar refractivity (Wildman–Crippen MR) is 56.9 cm³/mol. The molecule has 2 aliphatic rings. The van der Waals surface area contributed by atoms with E-state index in [0.29, 0.717) is 13.2 Å². The number of carbonyl (C=O) groups is 3. The third-order valence-corrected chi connectivity index (χ3v) is 2.76. The van der Waals surface area contributed by atoms with Gasteiger partial charge in [0.2, 0.25) is 5.91 Å². The fourth-order valence-electron chi connectivity index (χ4n) is 1.87. The summed E-state index contributed by atoms with van der Waals surface area (Å²) < 4.78 is 5.22. The van der Waals surface area contributed by atoms with Crippen molar-refractivity contribution < 1.29 is 19.1 Å². The normalized spacial score (nSPS) is 29.2. The molecule has 0 saturated carbocycles. The van der Waals surface area contributed by atoms with Crippen molar-refractivity contribution in [3.8, 4) is 0 Å². The minimum Gasteiger partial charge on any atom is -0.379 e. The highest BCUT2D eigenvalue weighted by atomic mass is 16.5. The number of hydrogen-bond acceptors (Lipinski definition) is 4. The molecule has 3 amide bonds. The first kappa shape index (κ1) is 11.8.